The molecule has 0 aromatic rings. The van der Waals surface area contributed by atoms with Crippen LogP contribution in [0.5, 0.6) is 0 Å². The summed E-state index contributed by atoms with van der Waals surface area (Å²) >= 11 is 0. The molecule has 0 bridgehead atoms. The Morgan fingerprint density at radius 3 is 2.13 bits per heavy atom. The number of nitrogens with one attached hydrogen (secondary N) is 4. The third-order valence-electron chi connectivity index (χ3n) is 5.65. The van der Waals surface area contributed by atoms with Crippen molar-refractivity contribution < 1.29 is 24.3 Å². The molecule has 0 aliphatic rings. The number of rotatable bonds is 22. The molecule has 0 spiro atoms. The molecule has 0 aromatic heterocycles. The molecule has 0 aliphatic carbocycles. The van der Waals surface area contributed by atoms with Gasteiger partial charge < -0.3 is 44.0 Å². The Bertz CT molecular complexity index is 845. The summed E-state index contributed by atoms with van der Waals surface area (Å²) in [6.45, 7) is 2.60. The van der Waals surface area contributed by atoms with E-state index in [-0.39, 0.29) is 18.8 Å². The van der Waals surface area contributed by atoms with E-state index in [4.69, 9.17) is 28.5 Å². The molecule has 4 atom stereocenters. The number of hydrogen-bond acceptors (Lipinski definition) is 8. The highest BCUT2D eigenvalue weighted by molar-refractivity contribution is 5.93. The van der Waals surface area contributed by atoms with Crippen molar-refractivity contribution >= 4 is 29.7 Å². The topological polar surface area (TPSA) is 302 Å². The number of azide groups is 1. The maximum absolute atomic E-state index is 13.0. The zero-order valence-electron chi connectivity index (χ0n) is 22.5. The second kappa shape index (κ2) is 21.2. The lowest BCUT2D eigenvalue weighted by Crippen LogP contribution is -2.56. The van der Waals surface area contributed by atoms with Crippen molar-refractivity contribution in [1.29, 1.82) is 0 Å². The molecule has 3 amide bonds. The molecular weight excluding hydrogens is 512 g/mol. The van der Waals surface area contributed by atoms with E-state index in [2.05, 4.69) is 36.5 Å². The van der Waals surface area contributed by atoms with Crippen LogP contribution in [0.15, 0.2) is 10.2 Å². The number of unbranched alkanes of at least 4 members (excludes halogenated alkanes) is 3. The molecule has 0 saturated heterocycles. The van der Waals surface area contributed by atoms with Gasteiger partial charge in [-0.05, 0) is 63.6 Å². The fourth-order valence-electron chi connectivity index (χ4n) is 3.44. The summed E-state index contributed by atoms with van der Waals surface area (Å²) < 4.78 is 0. The summed E-state index contributed by atoms with van der Waals surface area (Å²) in [6, 6.07) is -4.08. The van der Waals surface area contributed by atoms with Crippen molar-refractivity contribution in [1.82, 2.24) is 21.4 Å². The molecule has 13 N–H and O–H groups in total. The first-order valence-corrected chi connectivity index (χ1v) is 12.9. The van der Waals surface area contributed by atoms with Crippen molar-refractivity contribution in [2.75, 3.05) is 19.6 Å². The number of hydrogen-bond donors (Lipinski definition) is 9. The van der Waals surface area contributed by atoms with Gasteiger partial charge in [-0.1, -0.05) is 12.8 Å². The third-order valence-corrected chi connectivity index (χ3v) is 5.65. The Kier molecular flexibility index (Phi) is 19.1. The monoisotopic (exact) mass is 556 g/mol. The van der Waals surface area contributed by atoms with E-state index in [0.717, 1.165) is 12.8 Å². The Morgan fingerprint density at radius 1 is 0.872 bits per heavy atom. The van der Waals surface area contributed by atoms with Crippen LogP contribution in [0.25, 0.3) is 10.4 Å². The first kappa shape index (κ1) is 35.2. The van der Waals surface area contributed by atoms with Crippen molar-refractivity contribution in [2.24, 2.45) is 33.2 Å². The number of guanidine groups is 1. The smallest absolute Gasteiger partial charge is 0.326 e. The molecule has 0 unspecified atom stereocenters. The predicted octanol–water partition coefficient (Wildman–Crippen LogP) is -1.57. The number of aliphatic imine (C=N–C) groups is 1. The first-order chi connectivity index (χ1) is 18.5. The molecule has 17 nitrogen and oxygen atoms in total. The molecule has 222 valence electrons. The van der Waals surface area contributed by atoms with Crippen LogP contribution in [-0.4, -0.2) is 78.6 Å². The number of carbonyl (C=O) groups excluding carboxylic acids is 3. The highest BCUT2D eigenvalue weighted by Gasteiger charge is 2.28. The Hall–Kier alpha value is -3.82. The van der Waals surface area contributed by atoms with Crippen LogP contribution in [0.2, 0.25) is 0 Å². The number of nitrogens with zero attached hydrogens (tertiary/aromatic N) is 4. The van der Waals surface area contributed by atoms with Gasteiger partial charge in [0, 0.05) is 6.54 Å². The SMILES string of the molecule is C[C@H](NC(=O)[C@@H](N)CCCN=C(N)N)C(=O)N[C@@H](CCCCCN)C(=O)N[C@@H](CCCCNN=[N+]=[N-])C(=O)O. The Morgan fingerprint density at radius 2 is 1.51 bits per heavy atom. The van der Waals surface area contributed by atoms with Gasteiger partial charge in [-0.3, -0.25) is 24.8 Å². The van der Waals surface area contributed by atoms with Crippen molar-refractivity contribution in [3.8, 4) is 0 Å². The van der Waals surface area contributed by atoms with Gasteiger partial charge in [0.1, 0.15) is 18.1 Å². The zero-order valence-corrected chi connectivity index (χ0v) is 22.5. The lowest BCUT2D eigenvalue weighted by molar-refractivity contribution is -0.142. The van der Waals surface area contributed by atoms with Gasteiger partial charge in [-0.15, -0.1) is 5.53 Å². The quantitative estimate of drug-likeness (QED) is 0.0140. The van der Waals surface area contributed by atoms with E-state index in [0.29, 0.717) is 51.7 Å². The third kappa shape index (κ3) is 17.3. The molecule has 0 fully saturated rings. The molecule has 0 radical (unpaired) electrons. The normalized spacial score (nSPS) is 13.5. The summed E-state index contributed by atoms with van der Waals surface area (Å²) in [6.07, 6.45) is 4.13. The molecule has 39 heavy (non-hydrogen) atoms. The molecule has 0 heterocycles. The van der Waals surface area contributed by atoms with Crippen LogP contribution in [0.1, 0.15) is 64.7 Å². The minimum atomic E-state index is -1.21. The summed E-state index contributed by atoms with van der Waals surface area (Å²) in [4.78, 5) is 56.2. The summed E-state index contributed by atoms with van der Waals surface area (Å²) in [5.41, 5.74) is 32.6. The van der Waals surface area contributed by atoms with Crippen LogP contribution in [0, 0.1) is 0 Å². The number of carbonyl (C=O) groups is 4. The second-order valence-electron chi connectivity index (χ2n) is 8.98. The minimum absolute atomic E-state index is 0.0610. The van der Waals surface area contributed by atoms with Crippen LogP contribution < -0.4 is 44.3 Å². The number of aliphatic carboxylic acids is 1. The van der Waals surface area contributed by atoms with Gasteiger partial charge in [-0.2, -0.15) is 4.91 Å². The predicted molar refractivity (Wildman–Crippen MR) is 146 cm³/mol. The number of carboxylic acid groups (broad SMARTS) is 1. The number of amides is 3. The average molecular weight is 557 g/mol. The maximum Gasteiger partial charge on any atom is 0.326 e. The first-order valence-electron chi connectivity index (χ1n) is 12.9. The van der Waals surface area contributed by atoms with E-state index >= 15 is 0 Å². The van der Waals surface area contributed by atoms with E-state index in [1.807, 2.05) is 0 Å². The van der Waals surface area contributed by atoms with Gasteiger partial charge >= 0.3 is 5.97 Å². The van der Waals surface area contributed by atoms with Crippen LogP contribution >= 0.6 is 0 Å². The zero-order chi connectivity index (χ0) is 29.6. The summed E-state index contributed by atoms with van der Waals surface area (Å²) in [7, 11) is 0. The Balaban J connectivity index is 5.06. The van der Waals surface area contributed by atoms with Crippen molar-refractivity contribution in [3.63, 3.8) is 0 Å². The van der Waals surface area contributed by atoms with Gasteiger partial charge in [0.05, 0.1) is 12.6 Å². The van der Waals surface area contributed by atoms with Gasteiger partial charge in [-0.25, -0.2) is 4.79 Å². The maximum atomic E-state index is 13.0. The molecule has 0 rings (SSSR count). The highest BCUT2D eigenvalue weighted by atomic mass is 16.4. The van der Waals surface area contributed by atoms with Gasteiger partial charge in [0.2, 0.25) is 17.7 Å². The molecule has 0 saturated carbocycles. The highest BCUT2D eigenvalue weighted by Crippen LogP contribution is 2.07. The van der Waals surface area contributed by atoms with Crippen LogP contribution in [0.4, 0.5) is 0 Å². The van der Waals surface area contributed by atoms with Gasteiger partial charge in [0.25, 0.3) is 0 Å². The second-order valence-corrected chi connectivity index (χ2v) is 8.98. The van der Waals surface area contributed by atoms with Crippen molar-refractivity contribution in [2.45, 2.75) is 88.9 Å². The largest absolute Gasteiger partial charge is 0.480 e. The fourth-order valence-corrected chi connectivity index (χ4v) is 3.44. The lowest BCUT2D eigenvalue weighted by Gasteiger charge is -2.24. The molecule has 0 aromatic carbocycles. The summed E-state index contributed by atoms with van der Waals surface area (Å²) in [5, 5.41) is 20.3. The minimum Gasteiger partial charge on any atom is -0.480 e. The lowest BCUT2D eigenvalue weighted by atomic mass is 10.0. The van der Waals surface area contributed by atoms with E-state index in [1.54, 1.807) is 0 Å². The van der Waals surface area contributed by atoms with Crippen molar-refractivity contribution in [3.05, 3.63) is 10.4 Å². The number of carboxylic acids is 1. The van der Waals surface area contributed by atoms with Gasteiger partial charge in [0.15, 0.2) is 5.96 Å². The summed E-state index contributed by atoms with van der Waals surface area (Å²) in [5.74, 6) is -3.09. The van der Waals surface area contributed by atoms with E-state index in [9.17, 15) is 24.3 Å². The molecule has 0 aliphatic heterocycles. The number of nitrogens with two attached hydrogens (primary N) is 4. The fraction of sp³-hybridized carbons (Fsp3) is 0.773. The Labute approximate surface area is 227 Å². The average Bonchev–Trinajstić information content (AvgIpc) is 2.88. The van der Waals surface area contributed by atoms with Crippen LogP contribution in [-0.2, 0) is 19.2 Å². The standard InChI is InChI=1S/C22H44N12O5/c1-14(30-19(36)15(24)8-7-12-28-22(25)26)18(35)31-16(9-3-2-5-11-23)20(37)32-17(21(38)39)10-4-6-13-29-34-33-27/h14-17,29H,2-13,23-24H2,1H3,(H,30,36)(H,31,35)(H,32,37)(H,38,39)(H4,25,26,28)/t14-,15-,16-,17-/m0/s1. The van der Waals surface area contributed by atoms with E-state index < -0.39 is 47.9 Å². The van der Waals surface area contributed by atoms with Crippen LogP contribution in [0.3, 0.4) is 0 Å². The van der Waals surface area contributed by atoms with E-state index in [1.165, 1.54) is 6.92 Å². The molecule has 17 heteroatoms. The molecular formula is C22H44N12O5.